The number of amides is 2. The molecule has 0 fully saturated rings. The van der Waals surface area contributed by atoms with E-state index in [0.29, 0.717) is 11.3 Å². The summed E-state index contributed by atoms with van der Waals surface area (Å²) in [5, 5.41) is 5.36. The van der Waals surface area contributed by atoms with Gasteiger partial charge in [-0.3, -0.25) is 9.59 Å². The van der Waals surface area contributed by atoms with Gasteiger partial charge in [-0.05, 0) is 23.8 Å². The summed E-state index contributed by atoms with van der Waals surface area (Å²) in [5.41, 5.74) is 0.905. The fourth-order valence-electron chi connectivity index (χ4n) is 2.05. The van der Waals surface area contributed by atoms with Crippen LogP contribution in [0.3, 0.4) is 0 Å². The van der Waals surface area contributed by atoms with Gasteiger partial charge in [0.2, 0.25) is 5.91 Å². The number of hydrogen-bond donors (Lipinski definition) is 2. The minimum atomic E-state index is -0.846. The Kier molecular flexibility index (Phi) is 7.40. The SMILES string of the molecule is CC(=O)N/C(=C\c1ccccc1)C(=O)OCC(=O)Nc1cccc(Cl)c1Cl. The summed E-state index contributed by atoms with van der Waals surface area (Å²) < 4.78 is 4.97. The fraction of sp³-hybridized carbons (Fsp3) is 0.105. The molecule has 0 aliphatic heterocycles. The molecule has 6 nitrogen and oxygen atoms in total. The van der Waals surface area contributed by atoms with Gasteiger partial charge in [0.15, 0.2) is 6.61 Å². The number of ether oxygens (including phenoxy) is 1. The number of esters is 1. The number of carbonyl (C=O) groups is 3. The monoisotopic (exact) mass is 406 g/mol. The van der Waals surface area contributed by atoms with Gasteiger partial charge < -0.3 is 15.4 Å². The molecule has 0 bridgehead atoms. The van der Waals surface area contributed by atoms with Crippen molar-refractivity contribution in [3.05, 3.63) is 69.8 Å². The first-order valence-corrected chi connectivity index (χ1v) is 8.57. The molecule has 0 unspecified atom stereocenters. The lowest BCUT2D eigenvalue weighted by Crippen LogP contribution is -2.28. The lowest BCUT2D eigenvalue weighted by atomic mass is 10.2. The minimum absolute atomic E-state index is 0.0812. The maximum Gasteiger partial charge on any atom is 0.355 e. The lowest BCUT2D eigenvalue weighted by Gasteiger charge is -2.10. The Bertz CT molecular complexity index is 883. The third kappa shape index (κ3) is 6.44. The Morgan fingerprint density at radius 1 is 1.04 bits per heavy atom. The van der Waals surface area contributed by atoms with Gasteiger partial charge in [-0.25, -0.2) is 4.79 Å². The van der Waals surface area contributed by atoms with Crippen LogP contribution in [0.15, 0.2) is 54.2 Å². The average molecular weight is 407 g/mol. The second kappa shape index (κ2) is 9.75. The van der Waals surface area contributed by atoms with Crippen LogP contribution in [0.4, 0.5) is 5.69 Å². The van der Waals surface area contributed by atoms with Gasteiger partial charge in [0.25, 0.3) is 5.91 Å². The fourth-order valence-corrected chi connectivity index (χ4v) is 2.39. The first kappa shape index (κ1) is 20.5. The molecule has 2 aromatic carbocycles. The molecule has 2 aromatic rings. The number of hydrogen-bond acceptors (Lipinski definition) is 4. The normalized spacial score (nSPS) is 10.9. The van der Waals surface area contributed by atoms with E-state index in [0.717, 1.165) is 0 Å². The predicted molar refractivity (Wildman–Crippen MR) is 104 cm³/mol. The zero-order chi connectivity index (χ0) is 19.8. The third-order valence-electron chi connectivity index (χ3n) is 3.20. The molecule has 2 amide bonds. The van der Waals surface area contributed by atoms with Crippen LogP contribution in [0, 0.1) is 0 Å². The van der Waals surface area contributed by atoms with Crippen LogP contribution >= 0.6 is 23.2 Å². The summed E-state index contributed by atoms with van der Waals surface area (Å²) in [6, 6.07) is 13.6. The van der Waals surface area contributed by atoms with Crippen LogP contribution in [0.25, 0.3) is 6.08 Å². The molecule has 8 heteroatoms. The van der Waals surface area contributed by atoms with Gasteiger partial charge in [0.1, 0.15) is 5.70 Å². The van der Waals surface area contributed by atoms with Crippen molar-refractivity contribution < 1.29 is 19.1 Å². The van der Waals surface area contributed by atoms with Crippen molar-refractivity contribution in [1.82, 2.24) is 5.32 Å². The summed E-state index contributed by atoms with van der Waals surface area (Å²) >= 11 is 11.9. The molecule has 0 saturated heterocycles. The van der Waals surface area contributed by atoms with Crippen LogP contribution < -0.4 is 10.6 Å². The van der Waals surface area contributed by atoms with E-state index in [-0.39, 0.29) is 15.7 Å². The quantitative estimate of drug-likeness (QED) is 0.566. The Hall–Kier alpha value is -2.83. The largest absolute Gasteiger partial charge is 0.451 e. The third-order valence-corrected chi connectivity index (χ3v) is 4.02. The van der Waals surface area contributed by atoms with Gasteiger partial charge in [-0.15, -0.1) is 0 Å². The smallest absolute Gasteiger partial charge is 0.355 e. The van der Waals surface area contributed by atoms with E-state index in [9.17, 15) is 14.4 Å². The van der Waals surface area contributed by atoms with Gasteiger partial charge in [0.05, 0.1) is 15.7 Å². The van der Waals surface area contributed by atoms with Gasteiger partial charge in [-0.1, -0.05) is 59.6 Å². The second-order valence-corrected chi connectivity index (χ2v) is 6.16. The molecule has 0 heterocycles. The molecule has 0 aliphatic carbocycles. The van der Waals surface area contributed by atoms with Crippen molar-refractivity contribution in [1.29, 1.82) is 0 Å². The standard InChI is InChI=1S/C19H16Cl2N2O4/c1-12(24)22-16(10-13-6-3-2-4-7-13)19(26)27-11-17(25)23-15-9-5-8-14(20)18(15)21/h2-10H,11H2,1H3,(H,22,24)(H,23,25)/b16-10-. The van der Waals surface area contributed by atoms with E-state index in [1.807, 2.05) is 6.07 Å². The van der Waals surface area contributed by atoms with Crippen LogP contribution in [0.5, 0.6) is 0 Å². The van der Waals surface area contributed by atoms with E-state index >= 15 is 0 Å². The topological polar surface area (TPSA) is 84.5 Å². The number of benzene rings is 2. The summed E-state index contributed by atoms with van der Waals surface area (Å²) in [4.78, 5) is 35.5. The Labute approximate surface area is 166 Å². The van der Waals surface area contributed by atoms with Crippen LogP contribution in [-0.4, -0.2) is 24.4 Å². The highest BCUT2D eigenvalue weighted by atomic mass is 35.5. The van der Waals surface area contributed by atoms with E-state index in [4.69, 9.17) is 27.9 Å². The zero-order valence-electron chi connectivity index (χ0n) is 14.3. The van der Waals surface area contributed by atoms with Crippen LogP contribution in [0.2, 0.25) is 10.0 Å². The van der Waals surface area contributed by atoms with Crippen molar-refractivity contribution in [2.45, 2.75) is 6.92 Å². The van der Waals surface area contributed by atoms with E-state index < -0.39 is 24.4 Å². The predicted octanol–water partition coefficient (Wildman–Crippen LogP) is 3.65. The van der Waals surface area contributed by atoms with E-state index in [1.165, 1.54) is 13.0 Å². The molecular formula is C19H16Cl2N2O4. The number of nitrogens with one attached hydrogen (secondary N) is 2. The Morgan fingerprint density at radius 3 is 2.41 bits per heavy atom. The summed E-state index contributed by atoms with van der Waals surface area (Å²) in [6.07, 6.45) is 1.45. The number of rotatable bonds is 6. The van der Waals surface area contributed by atoms with Gasteiger partial charge >= 0.3 is 5.97 Å². The van der Waals surface area contributed by atoms with Crippen molar-refractivity contribution in [2.24, 2.45) is 0 Å². The molecule has 0 saturated carbocycles. The Balaban J connectivity index is 2.02. The molecule has 2 rings (SSSR count). The summed E-state index contributed by atoms with van der Waals surface area (Å²) in [7, 11) is 0. The number of anilines is 1. The van der Waals surface area contributed by atoms with Crippen molar-refractivity contribution in [2.75, 3.05) is 11.9 Å². The maximum absolute atomic E-state index is 12.2. The highest BCUT2D eigenvalue weighted by molar-refractivity contribution is 6.44. The number of carbonyl (C=O) groups excluding carboxylic acids is 3. The maximum atomic E-state index is 12.2. The zero-order valence-corrected chi connectivity index (χ0v) is 15.8. The van der Waals surface area contributed by atoms with Crippen LogP contribution in [-0.2, 0) is 19.1 Å². The van der Waals surface area contributed by atoms with E-state index in [1.54, 1.807) is 42.5 Å². The van der Waals surface area contributed by atoms with Gasteiger partial charge in [-0.2, -0.15) is 0 Å². The molecule has 0 aliphatic rings. The molecule has 0 spiro atoms. The van der Waals surface area contributed by atoms with E-state index in [2.05, 4.69) is 10.6 Å². The van der Waals surface area contributed by atoms with Crippen molar-refractivity contribution in [3.8, 4) is 0 Å². The molecule has 0 atom stereocenters. The Morgan fingerprint density at radius 2 is 1.74 bits per heavy atom. The highest BCUT2D eigenvalue weighted by Crippen LogP contribution is 2.29. The first-order valence-electron chi connectivity index (χ1n) is 7.82. The minimum Gasteiger partial charge on any atom is -0.451 e. The molecule has 0 aromatic heterocycles. The highest BCUT2D eigenvalue weighted by Gasteiger charge is 2.16. The van der Waals surface area contributed by atoms with Crippen molar-refractivity contribution >= 4 is 52.7 Å². The van der Waals surface area contributed by atoms with Gasteiger partial charge in [0, 0.05) is 6.92 Å². The van der Waals surface area contributed by atoms with Crippen LogP contribution in [0.1, 0.15) is 12.5 Å². The van der Waals surface area contributed by atoms with Crippen molar-refractivity contribution in [3.63, 3.8) is 0 Å². The summed E-state index contributed by atoms with van der Waals surface area (Å²) in [5.74, 6) is -1.89. The average Bonchev–Trinajstić information content (AvgIpc) is 2.63. The molecule has 0 radical (unpaired) electrons. The molecule has 140 valence electrons. The molecule has 2 N–H and O–H groups in total. The molecular weight excluding hydrogens is 391 g/mol. The molecule has 27 heavy (non-hydrogen) atoms. The first-order chi connectivity index (χ1) is 12.9. The number of halogens is 2. The summed E-state index contributed by atoms with van der Waals surface area (Å²) in [6.45, 7) is 0.702. The second-order valence-electron chi connectivity index (χ2n) is 5.38. The lowest BCUT2D eigenvalue weighted by molar-refractivity contribution is -0.144.